The molecule has 3 nitrogen and oxygen atoms in total. The van der Waals surface area contributed by atoms with Crippen molar-refractivity contribution in [1.29, 1.82) is 0 Å². The number of nitrogens with zero attached hydrogens (tertiary/aromatic N) is 1. The molecule has 0 aliphatic carbocycles. The Morgan fingerprint density at radius 1 is 0.938 bits per heavy atom. The van der Waals surface area contributed by atoms with Crippen LogP contribution in [-0.4, -0.2) is 30.2 Å². The highest BCUT2D eigenvalue weighted by atomic mass is 16.2. The molecule has 16 heavy (non-hydrogen) atoms. The van der Waals surface area contributed by atoms with E-state index in [-0.39, 0.29) is 22.5 Å². The predicted molar refractivity (Wildman–Crippen MR) is 66.2 cm³/mol. The van der Waals surface area contributed by atoms with Crippen LogP contribution in [0.5, 0.6) is 0 Å². The third-order valence-electron chi connectivity index (χ3n) is 2.50. The maximum absolute atomic E-state index is 11.8. The zero-order chi connectivity index (χ0) is 13.1. The van der Waals surface area contributed by atoms with E-state index in [4.69, 9.17) is 0 Å². The zero-order valence-electron chi connectivity index (χ0n) is 11.7. The molecule has 0 atom stereocenters. The van der Waals surface area contributed by atoms with Gasteiger partial charge in [0.05, 0.1) is 0 Å². The first-order valence-corrected chi connectivity index (χ1v) is 5.75. The summed E-state index contributed by atoms with van der Waals surface area (Å²) in [6, 6.07) is 0. The van der Waals surface area contributed by atoms with Crippen LogP contribution in [-0.2, 0) is 9.59 Å². The van der Waals surface area contributed by atoms with Crippen LogP contribution >= 0.6 is 0 Å². The normalized spacial score (nSPS) is 12.4. The van der Waals surface area contributed by atoms with Gasteiger partial charge in [-0.2, -0.15) is 0 Å². The largest absolute Gasteiger partial charge is 0.345 e. The lowest BCUT2D eigenvalue weighted by molar-refractivity contribution is -0.138. The molecular formula is C13H25NO2. The topological polar surface area (TPSA) is 37.4 Å². The van der Waals surface area contributed by atoms with Crippen LogP contribution in [0.4, 0.5) is 0 Å². The summed E-state index contributed by atoms with van der Waals surface area (Å²) < 4.78 is 0. The average molecular weight is 227 g/mol. The van der Waals surface area contributed by atoms with Gasteiger partial charge in [0.2, 0.25) is 5.91 Å². The Balaban J connectivity index is 4.25. The minimum Gasteiger partial charge on any atom is -0.345 e. The summed E-state index contributed by atoms with van der Waals surface area (Å²) in [7, 11) is 1.75. The second kappa shape index (κ2) is 4.98. The molecule has 0 radical (unpaired) electrons. The van der Waals surface area contributed by atoms with Crippen molar-refractivity contribution in [3.05, 3.63) is 0 Å². The summed E-state index contributed by atoms with van der Waals surface area (Å²) in [6.45, 7) is 11.9. The third kappa shape index (κ3) is 4.77. The number of amides is 1. The molecule has 0 rings (SSSR count). The highest BCUT2D eigenvalue weighted by Gasteiger charge is 2.26. The summed E-state index contributed by atoms with van der Waals surface area (Å²) in [5.41, 5.74) is -0.689. The summed E-state index contributed by atoms with van der Waals surface area (Å²) in [5, 5.41) is 0. The minimum absolute atomic E-state index is 0.0780. The van der Waals surface area contributed by atoms with Crippen LogP contribution in [0.1, 0.15) is 48.0 Å². The molecule has 0 N–H and O–H groups in total. The quantitative estimate of drug-likeness (QED) is 0.743. The molecule has 0 aromatic heterocycles. The molecule has 0 aromatic carbocycles. The maximum atomic E-state index is 11.8. The minimum atomic E-state index is -0.375. The molecule has 0 aliphatic heterocycles. The zero-order valence-corrected chi connectivity index (χ0v) is 11.7. The van der Waals surface area contributed by atoms with Crippen molar-refractivity contribution in [3.8, 4) is 0 Å². The number of carbonyl (C=O) groups is 2. The van der Waals surface area contributed by atoms with E-state index in [2.05, 4.69) is 0 Å². The van der Waals surface area contributed by atoms with Crippen molar-refractivity contribution in [2.24, 2.45) is 10.8 Å². The number of Topliss-reactive ketones (excluding diaryl/α,β-unsaturated/α-hetero) is 1. The van der Waals surface area contributed by atoms with E-state index in [0.29, 0.717) is 13.0 Å². The van der Waals surface area contributed by atoms with E-state index >= 15 is 0 Å². The summed E-state index contributed by atoms with van der Waals surface area (Å²) in [4.78, 5) is 25.2. The number of rotatable bonds is 3. The lowest BCUT2D eigenvalue weighted by Crippen LogP contribution is -2.38. The second-order valence-electron chi connectivity index (χ2n) is 6.40. The lowest BCUT2D eigenvalue weighted by atomic mass is 9.88. The van der Waals surface area contributed by atoms with Gasteiger partial charge < -0.3 is 4.90 Å². The van der Waals surface area contributed by atoms with Crippen LogP contribution in [0.15, 0.2) is 0 Å². The van der Waals surface area contributed by atoms with Gasteiger partial charge in [-0.25, -0.2) is 0 Å². The third-order valence-corrected chi connectivity index (χ3v) is 2.50. The molecular weight excluding hydrogens is 202 g/mol. The molecule has 0 aromatic rings. The molecule has 0 aliphatic rings. The Labute approximate surface area is 99.2 Å². The maximum Gasteiger partial charge on any atom is 0.227 e. The van der Waals surface area contributed by atoms with Crippen molar-refractivity contribution in [1.82, 2.24) is 4.90 Å². The summed E-state index contributed by atoms with van der Waals surface area (Å²) in [5.74, 6) is 0.273. The van der Waals surface area contributed by atoms with E-state index < -0.39 is 0 Å². The van der Waals surface area contributed by atoms with Crippen LogP contribution in [0, 0.1) is 10.8 Å². The fraction of sp³-hybridized carbons (Fsp3) is 0.846. The molecule has 94 valence electrons. The van der Waals surface area contributed by atoms with E-state index in [0.717, 1.165) is 0 Å². The van der Waals surface area contributed by atoms with Gasteiger partial charge in [0, 0.05) is 30.8 Å². The molecule has 3 heteroatoms. The second-order valence-corrected chi connectivity index (χ2v) is 6.40. The van der Waals surface area contributed by atoms with Crippen LogP contribution < -0.4 is 0 Å². The summed E-state index contributed by atoms with van der Waals surface area (Å²) in [6.07, 6.45) is 0.432. The van der Waals surface area contributed by atoms with E-state index in [9.17, 15) is 9.59 Å². The molecule has 1 amide bonds. The van der Waals surface area contributed by atoms with Crippen molar-refractivity contribution in [2.75, 3.05) is 13.6 Å². The number of ketones is 1. The molecule has 0 fully saturated rings. The Hall–Kier alpha value is -0.860. The smallest absolute Gasteiger partial charge is 0.227 e. The highest BCUT2D eigenvalue weighted by molar-refractivity contribution is 5.85. The van der Waals surface area contributed by atoms with Gasteiger partial charge in [0.15, 0.2) is 0 Å². The molecule has 0 bridgehead atoms. The van der Waals surface area contributed by atoms with Crippen molar-refractivity contribution in [2.45, 2.75) is 48.0 Å². The van der Waals surface area contributed by atoms with Crippen LogP contribution in [0.25, 0.3) is 0 Å². The molecule has 0 saturated carbocycles. The first-order valence-electron chi connectivity index (χ1n) is 5.75. The number of hydrogen-bond acceptors (Lipinski definition) is 2. The van der Waals surface area contributed by atoms with Gasteiger partial charge >= 0.3 is 0 Å². The fourth-order valence-corrected chi connectivity index (χ4v) is 1.32. The first kappa shape index (κ1) is 15.1. The summed E-state index contributed by atoms with van der Waals surface area (Å²) >= 11 is 0. The van der Waals surface area contributed by atoms with Crippen molar-refractivity contribution < 1.29 is 9.59 Å². The molecule has 0 unspecified atom stereocenters. The van der Waals surface area contributed by atoms with Gasteiger partial charge in [-0.3, -0.25) is 9.59 Å². The Morgan fingerprint density at radius 3 is 1.69 bits per heavy atom. The first-order chi connectivity index (χ1) is 6.96. The number of carbonyl (C=O) groups excluding carboxylic acids is 2. The average Bonchev–Trinajstić information content (AvgIpc) is 2.09. The molecule has 0 spiro atoms. The van der Waals surface area contributed by atoms with Crippen LogP contribution in [0.2, 0.25) is 0 Å². The van der Waals surface area contributed by atoms with Gasteiger partial charge in [0.25, 0.3) is 0 Å². The predicted octanol–water partition coefficient (Wildman–Crippen LogP) is 2.50. The fourth-order valence-electron chi connectivity index (χ4n) is 1.32. The highest BCUT2D eigenvalue weighted by Crippen LogP contribution is 2.19. The van der Waals surface area contributed by atoms with Gasteiger partial charge in [-0.1, -0.05) is 41.5 Å². The van der Waals surface area contributed by atoms with E-state index in [1.165, 1.54) is 0 Å². The molecule has 0 heterocycles. The van der Waals surface area contributed by atoms with Crippen molar-refractivity contribution >= 4 is 11.7 Å². The van der Waals surface area contributed by atoms with Gasteiger partial charge in [-0.15, -0.1) is 0 Å². The SMILES string of the molecule is CN(CCC(=O)C(C)(C)C)C(=O)C(C)(C)C. The lowest BCUT2D eigenvalue weighted by Gasteiger charge is -2.26. The van der Waals surface area contributed by atoms with Crippen LogP contribution in [0.3, 0.4) is 0 Å². The Bertz CT molecular complexity index is 269. The van der Waals surface area contributed by atoms with E-state index in [1.54, 1.807) is 11.9 Å². The van der Waals surface area contributed by atoms with E-state index in [1.807, 2.05) is 41.5 Å². The number of hydrogen-bond donors (Lipinski definition) is 0. The monoisotopic (exact) mass is 227 g/mol. The van der Waals surface area contributed by atoms with Crippen molar-refractivity contribution in [3.63, 3.8) is 0 Å². The molecule has 0 saturated heterocycles. The Kier molecular flexibility index (Phi) is 4.71. The Morgan fingerprint density at radius 2 is 1.38 bits per heavy atom. The standard InChI is InChI=1S/C13H25NO2/c1-12(2,3)10(15)8-9-14(7)11(16)13(4,5)6/h8-9H2,1-7H3. The van der Waals surface area contributed by atoms with Gasteiger partial charge in [0.1, 0.15) is 5.78 Å². The van der Waals surface area contributed by atoms with Gasteiger partial charge in [-0.05, 0) is 0 Å².